The highest BCUT2D eigenvalue weighted by atomic mass is 16.6. The summed E-state index contributed by atoms with van der Waals surface area (Å²) in [5, 5.41) is 19.3. The molecule has 1 aromatic carbocycles. The number of unbranched alkanes of at least 4 members (excludes halogenated alkanes) is 2. The zero-order chi connectivity index (χ0) is 13.5. The lowest BCUT2D eigenvalue weighted by Gasteiger charge is -2.21. The van der Waals surface area contributed by atoms with E-state index in [9.17, 15) is 10.1 Å². The number of hydrogen-bond acceptors (Lipinski definition) is 4. The minimum atomic E-state index is -0.377. The van der Waals surface area contributed by atoms with Crippen molar-refractivity contribution in [1.82, 2.24) is 0 Å². The summed E-state index contributed by atoms with van der Waals surface area (Å²) in [6.07, 6.45) is 2.83. The Morgan fingerprint density at radius 1 is 1.33 bits per heavy atom. The van der Waals surface area contributed by atoms with Crippen molar-refractivity contribution in [2.75, 3.05) is 25.1 Å². The van der Waals surface area contributed by atoms with E-state index in [-0.39, 0.29) is 17.2 Å². The molecule has 0 atom stereocenters. The van der Waals surface area contributed by atoms with Gasteiger partial charge in [0.05, 0.1) is 4.92 Å². The quantitative estimate of drug-likeness (QED) is 0.460. The van der Waals surface area contributed by atoms with Gasteiger partial charge < -0.3 is 10.0 Å². The Balaban J connectivity index is 2.62. The second kappa shape index (κ2) is 6.96. The van der Waals surface area contributed by atoms with E-state index in [4.69, 9.17) is 5.11 Å². The van der Waals surface area contributed by atoms with Crippen LogP contribution < -0.4 is 4.90 Å². The number of anilines is 1. The molecule has 0 unspecified atom stereocenters. The molecule has 0 saturated carbocycles. The van der Waals surface area contributed by atoms with Crippen molar-refractivity contribution in [3.63, 3.8) is 0 Å². The van der Waals surface area contributed by atoms with Crippen LogP contribution in [0.1, 0.15) is 24.8 Å². The molecule has 1 N–H and O–H groups in total. The van der Waals surface area contributed by atoms with Crippen LogP contribution in [-0.4, -0.2) is 30.2 Å². The first-order valence-corrected chi connectivity index (χ1v) is 6.13. The van der Waals surface area contributed by atoms with Gasteiger partial charge in [0.15, 0.2) is 0 Å². The van der Waals surface area contributed by atoms with Crippen molar-refractivity contribution >= 4 is 11.4 Å². The van der Waals surface area contributed by atoms with Crippen molar-refractivity contribution in [3.8, 4) is 0 Å². The average Bonchev–Trinajstić information content (AvgIpc) is 2.34. The van der Waals surface area contributed by atoms with E-state index in [0.29, 0.717) is 0 Å². The summed E-state index contributed by atoms with van der Waals surface area (Å²) in [6, 6.07) is 4.92. The minimum Gasteiger partial charge on any atom is -0.396 e. The first-order chi connectivity index (χ1) is 8.56. The Labute approximate surface area is 107 Å². The standard InChI is InChI=1S/C13H20N2O3/c1-11-10-12(15(17)18)6-7-13(11)14(2)8-4-3-5-9-16/h6-7,10,16H,3-5,8-9H2,1-2H3. The third-order valence-electron chi connectivity index (χ3n) is 2.95. The molecule has 0 aromatic heterocycles. The van der Waals surface area contributed by atoms with Gasteiger partial charge in [-0.15, -0.1) is 0 Å². The number of hydrogen-bond donors (Lipinski definition) is 1. The van der Waals surface area contributed by atoms with Crippen molar-refractivity contribution < 1.29 is 10.0 Å². The van der Waals surface area contributed by atoms with Crippen LogP contribution in [0.15, 0.2) is 18.2 Å². The second-order valence-corrected chi connectivity index (χ2v) is 4.43. The van der Waals surface area contributed by atoms with Crippen molar-refractivity contribution in [1.29, 1.82) is 0 Å². The monoisotopic (exact) mass is 252 g/mol. The number of nitro benzene ring substituents is 1. The number of aliphatic hydroxyl groups excluding tert-OH is 1. The highest BCUT2D eigenvalue weighted by Gasteiger charge is 2.10. The molecule has 0 heterocycles. The van der Waals surface area contributed by atoms with Crippen LogP contribution in [-0.2, 0) is 0 Å². The van der Waals surface area contributed by atoms with Gasteiger partial charge in [-0.05, 0) is 37.8 Å². The predicted molar refractivity (Wildman–Crippen MR) is 72.0 cm³/mol. The maximum atomic E-state index is 10.6. The Morgan fingerprint density at radius 3 is 2.61 bits per heavy atom. The fourth-order valence-corrected chi connectivity index (χ4v) is 1.94. The topological polar surface area (TPSA) is 66.6 Å². The molecule has 0 fully saturated rings. The van der Waals surface area contributed by atoms with Crippen LogP contribution in [0.5, 0.6) is 0 Å². The number of aryl methyl sites for hydroxylation is 1. The second-order valence-electron chi connectivity index (χ2n) is 4.43. The number of benzene rings is 1. The average molecular weight is 252 g/mol. The zero-order valence-corrected chi connectivity index (χ0v) is 10.9. The lowest BCUT2D eigenvalue weighted by Crippen LogP contribution is -2.19. The zero-order valence-electron chi connectivity index (χ0n) is 10.9. The maximum Gasteiger partial charge on any atom is 0.269 e. The molecule has 100 valence electrons. The molecule has 0 saturated heterocycles. The molecule has 0 aliphatic heterocycles. The van der Waals surface area contributed by atoms with Gasteiger partial charge in [0.25, 0.3) is 5.69 Å². The van der Waals surface area contributed by atoms with Crippen LogP contribution in [0, 0.1) is 17.0 Å². The van der Waals surface area contributed by atoms with Gasteiger partial charge in [0, 0.05) is 38.0 Å². The van der Waals surface area contributed by atoms with E-state index in [1.165, 1.54) is 6.07 Å². The summed E-state index contributed by atoms with van der Waals surface area (Å²) in [6.45, 7) is 3.01. The Kier molecular flexibility index (Phi) is 5.58. The first-order valence-electron chi connectivity index (χ1n) is 6.13. The summed E-state index contributed by atoms with van der Waals surface area (Å²) in [7, 11) is 1.98. The molecule has 18 heavy (non-hydrogen) atoms. The van der Waals surface area contributed by atoms with Gasteiger partial charge in [-0.3, -0.25) is 10.1 Å². The van der Waals surface area contributed by atoms with Crippen molar-refractivity contribution in [3.05, 3.63) is 33.9 Å². The molecule has 5 heteroatoms. The Morgan fingerprint density at radius 2 is 2.06 bits per heavy atom. The summed E-state index contributed by atoms with van der Waals surface area (Å²) in [5.74, 6) is 0. The van der Waals surface area contributed by atoms with Crippen LogP contribution in [0.2, 0.25) is 0 Å². The number of non-ortho nitro benzene ring substituents is 1. The van der Waals surface area contributed by atoms with E-state index < -0.39 is 0 Å². The highest BCUT2D eigenvalue weighted by Crippen LogP contribution is 2.24. The minimum absolute atomic E-state index is 0.130. The van der Waals surface area contributed by atoms with Gasteiger partial charge >= 0.3 is 0 Å². The molecular formula is C13H20N2O3. The number of nitro groups is 1. The summed E-state index contributed by atoms with van der Waals surface area (Å²) in [4.78, 5) is 12.4. The SMILES string of the molecule is Cc1cc([N+](=O)[O-])ccc1N(C)CCCCCO. The molecule has 0 aliphatic rings. The number of aliphatic hydroxyl groups is 1. The molecule has 0 spiro atoms. The third kappa shape index (κ3) is 4.00. The highest BCUT2D eigenvalue weighted by molar-refractivity contribution is 5.56. The maximum absolute atomic E-state index is 10.6. The smallest absolute Gasteiger partial charge is 0.269 e. The van der Waals surface area contributed by atoms with E-state index in [0.717, 1.165) is 37.1 Å². The van der Waals surface area contributed by atoms with Crippen molar-refractivity contribution in [2.45, 2.75) is 26.2 Å². The predicted octanol–water partition coefficient (Wildman–Crippen LogP) is 2.50. The molecule has 0 radical (unpaired) electrons. The van der Waals surface area contributed by atoms with Gasteiger partial charge in [-0.2, -0.15) is 0 Å². The molecular weight excluding hydrogens is 232 g/mol. The first kappa shape index (κ1) is 14.4. The number of nitrogens with zero attached hydrogens (tertiary/aromatic N) is 2. The third-order valence-corrected chi connectivity index (χ3v) is 2.95. The molecule has 5 nitrogen and oxygen atoms in total. The van der Waals surface area contributed by atoms with Gasteiger partial charge in [0.2, 0.25) is 0 Å². The summed E-state index contributed by atoms with van der Waals surface area (Å²) in [5.41, 5.74) is 2.06. The summed E-state index contributed by atoms with van der Waals surface area (Å²) < 4.78 is 0. The number of rotatable bonds is 7. The van der Waals surface area contributed by atoms with Crippen LogP contribution in [0.3, 0.4) is 0 Å². The largest absolute Gasteiger partial charge is 0.396 e. The molecule has 0 amide bonds. The van der Waals surface area contributed by atoms with E-state index in [2.05, 4.69) is 4.90 Å². The molecule has 0 bridgehead atoms. The molecule has 0 aliphatic carbocycles. The van der Waals surface area contributed by atoms with Crippen LogP contribution >= 0.6 is 0 Å². The van der Waals surface area contributed by atoms with E-state index in [1.54, 1.807) is 12.1 Å². The summed E-state index contributed by atoms with van der Waals surface area (Å²) >= 11 is 0. The fourth-order valence-electron chi connectivity index (χ4n) is 1.94. The normalized spacial score (nSPS) is 10.4. The fraction of sp³-hybridized carbons (Fsp3) is 0.538. The van der Waals surface area contributed by atoms with Gasteiger partial charge in [-0.1, -0.05) is 0 Å². The van der Waals surface area contributed by atoms with E-state index >= 15 is 0 Å². The molecule has 1 aromatic rings. The Hall–Kier alpha value is -1.62. The lowest BCUT2D eigenvalue weighted by molar-refractivity contribution is -0.384. The lowest BCUT2D eigenvalue weighted by atomic mass is 10.1. The van der Waals surface area contributed by atoms with E-state index in [1.807, 2.05) is 14.0 Å². The van der Waals surface area contributed by atoms with Crippen LogP contribution in [0.4, 0.5) is 11.4 Å². The molecule has 1 rings (SSSR count). The van der Waals surface area contributed by atoms with Crippen molar-refractivity contribution in [2.24, 2.45) is 0 Å². The van der Waals surface area contributed by atoms with Gasteiger partial charge in [-0.25, -0.2) is 0 Å². The van der Waals surface area contributed by atoms with Gasteiger partial charge in [0.1, 0.15) is 0 Å². The Bertz CT molecular complexity index is 407. The van der Waals surface area contributed by atoms with Crippen LogP contribution in [0.25, 0.3) is 0 Å².